The molecule has 1 fully saturated rings. The lowest BCUT2D eigenvalue weighted by atomic mass is 10.1. The van der Waals surface area contributed by atoms with Crippen LogP contribution in [0.15, 0.2) is 42.5 Å². The minimum Gasteiger partial charge on any atom is -0.374 e. The predicted octanol–water partition coefficient (Wildman–Crippen LogP) is 3.65. The predicted molar refractivity (Wildman–Crippen MR) is 87.5 cm³/mol. The van der Waals surface area contributed by atoms with Crippen LogP contribution in [0.25, 0.3) is 10.8 Å². The Hall–Kier alpha value is -2.03. The summed E-state index contributed by atoms with van der Waals surface area (Å²) in [6.45, 7) is 3.76. The fourth-order valence-corrected chi connectivity index (χ4v) is 2.98. The average Bonchev–Trinajstić information content (AvgIpc) is 2.55. The number of rotatable bonds is 3. The SMILES string of the molecule is CC(Nc1ccc2ccccc2c1)C(=O)N1CCCCC1. The van der Waals surface area contributed by atoms with E-state index in [4.69, 9.17) is 0 Å². The van der Waals surface area contributed by atoms with E-state index < -0.39 is 0 Å². The highest BCUT2D eigenvalue weighted by Crippen LogP contribution is 2.20. The molecule has 0 aliphatic carbocycles. The number of hydrogen-bond donors (Lipinski definition) is 1. The van der Waals surface area contributed by atoms with Crippen molar-refractivity contribution < 1.29 is 4.79 Å². The summed E-state index contributed by atoms with van der Waals surface area (Å²) in [5, 5.41) is 5.75. The molecule has 1 saturated heterocycles. The summed E-state index contributed by atoms with van der Waals surface area (Å²) >= 11 is 0. The molecule has 0 spiro atoms. The van der Waals surface area contributed by atoms with Crippen LogP contribution in [0.1, 0.15) is 26.2 Å². The fraction of sp³-hybridized carbons (Fsp3) is 0.389. The number of fused-ring (bicyclic) bond motifs is 1. The first-order valence-corrected chi connectivity index (χ1v) is 7.78. The van der Waals surface area contributed by atoms with E-state index in [9.17, 15) is 4.79 Å². The molecule has 1 aliphatic rings. The smallest absolute Gasteiger partial charge is 0.244 e. The molecule has 1 unspecified atom stereocenters. The van der Waals surface area contributed by atoms with Crippen LogP contribution in [0, 0.1) is 0 Å². The molecule has 1 amide bonds. The summed E-state index contributed by atoms with van der Waals surface area (Å²) in [7, 11) is 0. The quantitative estimate of drug-likeness (QED) is 0.932. The lowest BCUT2D eigenvalue weighted by molar-refractivity contribution is -0.132. The number of nitrogens with zero attached hydrogens (tertiary/aromatic N) is 1. The van der Waals surface area contributed by atoms with Gasteiger partial charge in [0.25, 0.3) is 0 Å². The largest absolute Gasteiger partial charge is 0.374 e. The highest BCUT2D eigenvalue weighted by Gasteiger charge is 2.21. The summed E-state index contributed by atoms with van der Waals surface area (Å²) < 4.78 is 0. The number of amides is 1. The standard InChI is InChI=1S/C18H22N2O/c1-14(18(21)20-11-5-2-6-12-20)19-17-10-9-15-7-3-4-8-16(15)13-17/h3-4,7-10,13-14,19H,2,5-6,11-12H2,1H3. The van der Waals surface area contributed by atoms with E-state index in [1.807, 2.05) is 30.0 Å². The van der Waals surface area contributed by atoms with Crippen molar-refractivity contribution >= 4 is 22.4 Å². The highest BCUT2D eigenvalue weighted by atomic mass is 16.2. The van der Waals surface area contributed by atoms with Crippen molar-refractivity contribution in [1.82, 2.24) is 4.90 Å². The number of carbonyl (C=O) groups excluding carboxylic acids is 1. The van der Waals surface area contributed by atoms with Crippen LogP contribution in [-0.2, 0) is 4.79 Å². The van der Waals surface area contributed by atoms with Crippen molar-refractivity contribution in [3.05, 3.63) is 42.5 Å². The van der Waals surface area contributed by atoms with E-state index in [0.29, 0.717) is 0 Å². The molecule has 0 radical (unpaired) electrons. The van der Waals surface area contributed by atoms with Gasteiger partial charge in [-0.3, -0.25) is 4.79 Å². The number of hydrogen-bond acceptors (Lipinski definition) is 2. The molecule has 21 heavy (non-hydrogen) atoms. The number of piperidine rings is 1. The van der Waals surface area contributed by atoms with Crippen LogP contribution < -0.4 is 5.32 Å². The summed E-state index contributed by atoms with van der Waals surface area (Å²) in [5.74, 6) is 0.211. The Morgan fingerprint density at radius 3 is 2.52 bits per heavy atom. The lowest BCUT2D eigenvalue weighted by Crippen LogP contribution is -2.43. The normalized spacial score (nSPS) is 16.7. The van der Waals surface area contributed by atoms with E-state index >= 15 is 0 Å². The van der Waals surface area contributed by atoms with Gasteiger partial charge in [-0.25, -0.2) is 0 Å². The van der Waals surface area contributed by atoms with Gasteiger partial charge in [0.2, 0.25) is 5.91 Å². The first-order chi connectivity index (χ1) is 10.2. The van der Waals surface area contributed by atoms with Gasteiger partial charge in [0.1, 0.15) is 6.04 Å². The Kier molecular flexibility index (Phi) is 4.09. The van der Waals surface area contributed by atoms with E-state index in [2.05, 4.69) is 29.6 Å². The molecule has 2 aromatic carbocycles. The Bertz CT molecular complexity index is 632. The second-order valence-corrected chi connectivity index (χ2v) is 5.81. The third-order valence-corrected chi connectivity index (χ3v) is 4.17. The van der Waals surface area contributed by atoms with Crippen LogP contribution in [0.5, 0.6) is 0 Å². The summed E-state index contributed by atoms with van der Waals surface area (Å²) in [4.78, 5) is 14.4. The number of benzene rings is 2. The molecule has 2 aromatic rings. The van der Waals surface area contributed by atoms with Gasteiger partial charge in [0, 0.05) is 18.8 Å². The van der Waals surface area contributed by atoms with Gasteiger partial charge in [-0.1, -0.05) is 30.3 Å². The van der Waals surface area contributed by atoms with Crippen molar-refractivity contribution in [2.45, 2.75) is 32.2 Å². The first-order valence-electron chi connectivity index (χ1n) is 7.78. The van der Waals surface area contributed by atoms with Gasteiger partial charge in [-0.15, -0.1) is 0 Å². The van der Waals surface area contributed by atoms with Gasteiger partial charge in [0.15, 0.2) is 0 Å². The summed E-state index contributed by atoms with van der Waals surface area (Å²) in [6, 6.07) is 14.3. The van der Waals surface area contributed by atoms with Crippen molar-refractivity contribution in [1.29, 1.82) is 0 Å². The number of anilines is 1. The zero-order chi connectivity index (χ0) is 14.7. The van der Waals surface area contributed by atoms with E-state index in [-0.39, 0.29) is 11.9 Å². The molecule has 1 N–H and O–H groups in total. The average molecular weight is 282 g/mol. The van der Waals surface area contributed by atoms with Gasteiger partial charge in [-0.05, 0) is 49.1 Å². The molecule has 1 heterocycles. The second kappa shape index (κ2) is 6.17. The maximum atomic E-state index is 12.4. The van der Waals surface area contributed by atoms with Crippen LogP contribution in [0.4, 0.5) is 5.69 Å². The minimum atomic E-state index is -0.177. The zero-order valence-corrected chi connectivity index (χ0v) is 12.5. The molecule has 110 valence electrons. The zero-order valence-electron chi connectivity index (χ0n) is 12.5. The maximum absolute atomic E-state index is 12.4. The third kappa shape index (κ3) is 3.18. The van der Waals surface area contributed by atoms with Crippen LogP contribution in [-0.4, -0.2) is 29.9 Å². The minimum absolute atomic E-state index is 0.177. The molecule has 3 nitrogen and oxygen atoms in total. The molecule has 1 atom stereocenters. The molecule has 0 aromatic heterocycles. The Morgan fingerprint density at radius 1 is 1.05 bits per heavy atom. The number of carbonyl (C=O) groups is 1. The second-order valence-electron chi connectivity index (χ2n) is 5.81. The highest BCUT2D eigenvalue weighted by molar-refractivity contribution is 5.88. The van der Waals surface area contributed by atoms with E-state index in [1.54, 1.807) is 0 Å². The number of likely N-dealkylation sites (tertiary alicyclic amines) is 1. The van der Waals surface area contributed by atoms with Crippen LogP contribution in [0.2, 0.25) is 0 Å². The molecule has 1 aliphatic heterocycles. The van der Waals surface area contributed by atoms with Gasteiger partial charge in [0.05, 0.1) is 0 Å². The van der Waals surface area contributed by atoms with E-state index in [1.165, 1.54) is 17.2 Å². The van der Waals surface area contributed by atoms with Crippen molar-refractivity contribution in [2.24, 2.45) is 0 Å². The molecule has 0 bridgehead atoms. The molecule has 0 saturated carbocycles. The molecular formula is C18H22N2O. The van der Waals surface area contributed by atoms with Crippen molar-refractivity contribution in [2.75, 3.05) is 18.4 Å². The van der Waals surface area contributed by atoms with Gasteiger partial charge in [-0.2, -0.15) is 0 Å². The summed E-state index contributed by atoms with van der Waals surface area (Å²) in [6.07, 6.45) is 3.51. The monoisotopic (exact) mass is 282 g/mol. The molecule has 3 heteroatoms. The fourth-order valence-electron chi connectivity index (χ4n) is 2.98. The van der Waals surface area contributed by atoms with Gasteiger partial charge < -0.3 is 10.2 Å². The van der Waals surface area contributed by atoms with Crippen LogP contribution in [0.3, 0.4) is 0 Å². The summed E-state index contributed by atoms with van der Waals surface area (Å²) in [5.41, 5.74) is 1.01. The van der Waals surface area contributed by atoms with Crippen molar-refractivity contribution in [3.63, 3.8) is 0 Å². The Morgan fingerprint density at radius 2 is 1.76 bits per heavy atom. The van der Waals surface area contributed by atoms with Gasteiger partial charge >= 0.3 is 0 Å². The van der Waals surface area contributed by atoms with Crippen molar-refractivity contribution in [3.8, 4) is 0 Å². The lowest BCUT2D eigenvalue weighted by Gasteiger charge is -2.29. The van der Waals surface area contributed by atoms with Crippen LogP contribution >= 0.6 is 0 Å². The molecule has 3 rings (SSSR count). The molecular weight excluding hydrogens is 260 g/mol. The maximum Gasteiger partial charge on any atom is 0.244 e. The topological polar surface area (TPSA) is 32.3 Å². The third-order valence-electron chi connectivity index (χ3n) is 4.17. The first kappa shape index (κ1) is 13.9. The Balaban J connectivity index is 1.70. The Labute approximate surface area is 125 Å². The van der Waals surface area contributed by atoms with E-state index in [0.717, 1.165) is 31.6 Å². The number of nitrogens with one attached hydrogen (secondary N) is 1.